The number of aromatic carboxylic acids is 1. The third-order valence-corrected chi connectivity index (χ3v) is 4.20. The van der Waals surface area contributed by atoms with Gasteiger partial charge in [0.2, 0.25) is 0 Å². The molecule has 1 saturated heterocycles. The van der Waals surface area contributed by atoms with Crippen LogP contribution in [0.3, 0.4) is 0 Å². The van der Waals surface area contributed by atoms with Gasteiger partial charge in [0.25, 0.3) is 0 Å². The lowest BCUT2D eigenvalue weighted by Gasteiger charge is -2.27. The summed E-state index contributed by atoms with van der Waals surface area (Å²) < 4.78 is 13.1. The summed E-state index contributed by atoms with van der Waals surface area (Å²) in [5.74, 6) is -0.753. The van der Waals surface area contributed by atoms with E-state index in [1.165, 1.54) is 25.3 Å². The molecule has 1 aliphatic heterocycles. The highest BCUT2D eigenvalue weighted by Gasteiger charge is 2.37. The number of likely N-dealkylation sites (tertiary alicyclic amines) is 1. The maximum Gasteiger partial charge on any atom is 0.336 e. The van der Waals surface area contributed by atoms with Crippen molar-refractivity contribution in [2.75, 3.05) is 6.54 Å². The monoisotopic (exact) mass is 249 g/mol. The summed E-state index contributed by atoms with van der Waals surface area (Å²) in [4.78, 5) is 13.5. The van der Waals surface area contributed by atoms with Gasteiger partial charge >= 0.3 is 5.97 Å². The van der Waals surface area contributed by atoms with Crippen LogP contribution in [0.2, 0.25) is 0 Å². The Morgan fingerprint density at radius 1 is 1.44 bits per heavy atom. The molecule has 2 fully saturated rings. The van der Waals surface area contributed by atoms with Crippen molar-refractivity contribution in [3.8, 4) is 0 Å². The van der Waals surface area contributed by atoms with Crippen LogP contribution in [-0.2, 0) is 6.54 Å². The van der Waals surface area contributed by atoms with E-state index < -0.39 is 11.8 Å². The average Bonchev–Trinajstić information content (AvgIpc) is 2.93. The normalized spacial score (nSPS) is 26.7. The first-order valence-electron chi connectivity index (χ1n) is 6.39. The van der Waals surface area contributed by atoms with Gasteiger partial charge in [-0.05, 0) is 42.9 Å². The van der Waals surface area contributed by atoms with Crippen LogP contribution in [0.1, 0.15) is 35.2 Å². The second-order valence-electron chi connectivity index (χ2n) is 5.37. The highest BCUT2D eigenvalue weighted by molar-refractivity contribution is 5.89. The van der Waals surface area contributed by atoms with Gasteiger partial charge in [0.05, 0.1) is 5.56 Å². The molecular weight excluding hydrogens is 233 g/mol. The highest BCUT2D eigenvalue weighted by Crippen LogP contribution is 2.38. The SMILES string of the molecule is O=C(O)c1cc(F)ccc1CN1CC2CCC1C2. The number of nitrogens with zero attached hydrogens (tertiary/aromatic N) is 1. The first-order chi connectivity index (χ1) is 8.63. The third-order valence-electron chi connectivity index (χ3n) is 4.20. The van der Waals surface area contributed by atoms with Crippen LogP contribution >= 0.6 is 0 Å². The summed E-state index contributed by atoms with van der Waals surface area (Å²) in [5.41, 5.74) is 0.814. The number of hydrogen-bond acceptors (Lipinski definition) is 2. The van der Waals surface area contributed by atoms with E-state index in [1.54, 1.807) is 6.07 Å². The molecule has 3 rings (SSSR count). The molecule has 1 aliphatic carbocycles. The Hall–Kier alpha value is -1.42. The minimum atomic E-state index is -1.05. The van der Waals surface area contributed by atoms with E-state index in [2.05, 4.69) is 4.90 Å². The Balaban J connectivity index is 1.82. The third kappa shape index (κ3) is 2.01. The molecule has 2 bridgehead atoms. The number of fused-ring (bicyclic) bond motifs is 2. The number of carboxylic acids is 1. The molecule has 0 radical (unpaired) electrons. The fourth-order valence-electron chi connectivity index (χ4n) is 3.32. The average molecular weight is 249 g/mol. The van der Waals surface area contributed by atoms with E-state index in [0.717, 1.165) is 24.1 Å². The largest absolute Gasteiger partial charge is 0.478 e. The molecule has 1 saturated carbocycles. The van der Waals surface area contributed by atoms with Gasteiger partial charge in [-0.15, -0.1) is 0 Å². The Morgan fingerprint density at radius 2 is 2.28 bits per heavy atom. The summed E-state index contributed by atoms with van der Waals surface area (Å²) in [6, 6.07) is 4.66. The molecule has 0 amide bonds. The zero-order chi connectivity index (χ0) is 12.7. The first kappa shape index (κ1) is 11.7. The number of rotatable bonds is 3. The lowest BCUT2D eigenvalue weighted by molar-refractivity contribution is 0.0693. The zero-order valence-corrected chi connectivity index (χ0v) is 10.1. The first-order valence-corrected chi connectivity index (χ1v) is 6.39. The molecule has 4 heteroatoms. The fraction of sp³-hybridized carbons (Fsp3) is 0.500. The maximum atomic E-state index is 13.1. The molecule has 0 aromatic heterocycles. The molecule has 1 aromatic rings. The number of piperidine rings is 1. The molecule has 1 N–H and O–H groups in total. The fourth-order valence-corrected chi connectivity index (χ4v) is 3.32. The molecule has 96 valence electrons. The molecule has 18 heavy (non-hydrogen) atoms. The van der Waals surface area contributed by atoms with Gasteiger partial charge in [0, 0.05) is 19.1 Å². The van der Waals surface area contributed by atoms with Gasteiger partial charge in [-0.3, -0.25) is 4.90 Å². The van der Waals surface area contributed by atoms with E-state index in [1.807, 2.05) is 0 Å². The van der Waals surface area contributed by atoms with Crippen LogP contribution in [0.15, 0.2) is 18.2 Å². The summed E-state index contributed by atoms with van der Waals surface area (Å²) in [5, 5.41) is 9.11. The summed E-state index contributed by atoms with van der Waals surface area (Å²) in [7, 11) is 0. The molecular formula is C14H16FNO2. The number of carboxylic acid groups (broad SMARTS) is 1. The molecule has 1 heterocycles. The second kappa shape index (κ2) is 4.35. The van der Waals surface area contributed by atoms with E-state index in [4.69, 9.17) is 5.11 Å². The molecule has 0 spiro atoms. The van der Waals surface area contributed by atoms with Crippen molar-refractivity contribution in [2.24, 2.45) is 5.92 Å². The molecule has 2 atom stereocenters. The van der Waals surface area contributed by atoms with Crippen molar-refractivity contribution in [1.82, 2.24) is 4.90 Å². The van der Waals surface area contributed by atoms with Crippen LogP contribution in [0.4, 0.5) is 4.39 Å². The number of carbonyl (C=O) groups is 1. The predicted octanol–water partition coefficient (Wildman–Crippen LogP) is 2.51. The van der Waals surface area contributed by atoms with E-state index >= 15 is 0 Å². The molecule has 2 unspecified atom stereocenters. The van der Waals surface area contributed by atoms with Crippen LogP contribution in [0.5, 0.6) is 0 Å². The van der Waals surface area contributed by atoms with E-state index in [-0.39, 0.29) is 5.56 Å². The van der Waals surface area contributed by atoms with E-state index in [9.17, 15) is 9.18 Å². The zero-order valence-electron chi connectivity index (χ0n) is 10.1. The van der Waals surface area contributed by atoms with Gasteiger partial charge in [-0.2, -0.15) is 0 Å². The van der Waals surface area contributed by atoms with Crippen molar-refractivity contribution in [1.29, 1.82) is 0 Å². The van der Waals surface area contributed by atoms with Crippen LogP contribution < -0.4 is 0 Å². The van der Waals surface area contributed by atoms with Gasteiger partial charge in [0.15, 0.2) is 0 Å². The quantitative estimate of drug-likeness (QED) is 0.894. The lowest BCUT2D eigenvalue weighted by atomic mass is 10.0. The van der Waals surface area contributed by atoms with Crippen molar-refractivity contribution in [2.45, 2.75) is 31.8 Å². The number of benzene rings is 1. The number of hydrogen-bond donors (Lipinski definition) is 1. The Morgan fingerprint density at radius 3 is 2.89 bits per heavy atom. The minimum Gasteiger partial charge on any atom is -0.478 e. The smallest absolute Gasteiger partial charge is 0.336 e. The van der Waals surface area contributed by atoms with Gasteiger partial charge in [0.1, 0.15) is 5.82 Å². The Labute approximate surface area is 105 Å². The Bertz CT molecular complexity index is 489. The predicted molar refractivity (Wildman–Crippen MR) is 64.9 cm³/mol. The van der Waals surface area contributed by atoms with Gasteiger partial charge < -0.3 is 5.11 Å². The summed E-state index contributed by atoms with van der Waals surface area (Å²) in [6.45, 7) is 1.68. The standard InChI is InChI=1S/C14H16FNO2/c15-11-3-2-10(13(6-11)14(17)18)8-16-7-9-1-4-12(16)5-9/h2-3,6,9,12H,1,4-5,7-8H2,(H,17,18). The van der Waals surface area contributed by atoms with Crippen LogP contribution in [0, 0.1) is 11.7 Å². The van der Waals surface area contributed by atoms with Gasteiger partial charge in [-0.25, -0.2) is 9.18 Å². The summed E-state index contributed by atoms with van der Waals surface area (Å²) >= 11 is 0. The van der Waals surface area contributed by atoms with Crippen LogP contribution in [0.25, 0.3) is 0 Å². The van der Waals surface area contributed by atoms with Crippen LogP contribution in [-0.4, -0.2) is 28.6 Å². The van der Waals surface area contributed by atoms with E-state index in [0.29, 0.717) is 12.6 Å². The maximum absolute atomic E-state index is 13.1. The minimum absolute atomic E-state index is 0.0952. The molecule has 1 aromatic carbocycles. The Kier molecular flexibility index (Phi) is 2.82. The van der Waals surface area contributed by atoms with Crippen molar-refractivity contribution in [3.05, 3.63) is 35.1 Å². The molecule has 3 nitrogen and oxygen atoms in total. The number of halogens is 1. The van der Waals surface area contributed by atoms with Crippen molar-refractivity contribution in [3.63, 3.8) is 0 Å². The lowest BCUT2D eigenvalue weighted by Crippen LogP contribution is -2.32. The highest BCUT2D eigenvalue weighted by atomic mass is 19.1. The second-order valence-corrected chi connectivity index (χ2v) is 5.37. The molecule has 2 aliphatic rings. The topological polar surface area (TPSA) is 40.5 Å². The summed E-state index contributed by atoms with van der Waals surface area (Å²) in [6.07, 6.45) is 3.76. The van der Waals surface area contributed by atoms with Crippen molar-refractivity contribution >= 4 is 5.97 Å². The van der Waals surface area contributed by atoms with Crippen molar-refractivity contribution < 1.29 is 14.3 Å². The van der Waals surface area contributed by atoms with Gasteiger partial charge in [-0.1, -0.05) is 6.07 Å².